The summed E-state index contributed by atoms with van der Waals surface area (Å²) < 4.78 is 1.83. The van der Waals surface area contributed by atoms with E-state index in [1.54, 1.807) is 23.1 Å². The summed E-state index contributed by atoms with van der Waals surface area (Å²) in [7, 11) is 0. The highest BCUT2D eigenvalue weighted by Crippen LogP contribution is 2.25. The molecule has 0 radical (unpaired) electrons. The Balaban J connectivity index is 2.17. The highest BCUT2D eigenvalue weighted by molar-refractivity contribution is 6.36. The van der Waals surface area contributed by atoms with Crippen LogP contribution in [0.5, 0.6) is 0 Å². The minimum absolute atomic E-state index is 0.0967. The van der Waals surface area contributed by atoms with E-state index < -0.39 is 0 Å². The van der Waals surface area contributed by atoms with E-state index in [1.807, 2.05) is 24.7 Å². The first-order valence-electron chi connectivity index (χ1n) is 7.80. The van der Waals surface area contributed by atoms with Gasteiger partial charge in [-0.2, -0.15) is 5.10 Å². The molecule has 0 spiro atoms. The summed E-state index contributed by atoms with van der Waals surface area (Å²) in [6.07, 6.45) is 2.02. The molecule has 0 fully saturated rings. The van der Waals surface area contributed by atoms with Gasteiger partial charge in [-0.3, -0.25) is 9.48 Å². The van der Waals surface area contributed by atoms with Gasteiger partial charge in [0.25, 0.3) is 0 Å². The smallest absolute Gasteiger partial charge is 0.227 e. The molecule has 1 N–H and O–H groups in total. The zero-order valence-electron chi connectivity index (χ0n) is 13.8. The number of aromatic nitrogens is 2. The number of carbonyl (C=O) groups excluding carboxylic acids is 1. The monoisotopic (exact) mass is 369 g/mol. The Morgan fingerprint density at radius 2 is 2.00 bits per heavy atom. The lowest BCUT2D eigenvalue weighted by atomic mass is 10.1. The quantitative estimate of drug-likeness (QED) is 0.815. The summed E-state index contributed by atoms with van der Waals surface area (Å²) in [4.78, 5) is 14.3. The third kappa shape index (κ3) is 4.50. The van der Waals surface area contributed by atoms with Gasteiger partial charge in [0.2, 0.25) is 5.91 Å². The number of hydrogen-bond donors (Lipinski definition) is 1. The van der Waals surface area contributed by atoms with Gasteiger partial charge in [0.1, 0.15) is 0 Å². The van der Waals surface area contributed by atoms with Crippen molar-refractivity contribution in [3.8, 4) is 0 Å². The lowest BCUT2D eigenvalue weighted by Crippen LogP contribution is -2.34. The fraction of sp³-hybridized carbons (Fsp3) is 0.412. The van der Waals surface area contributed by atoms with Crippen molar-refractivity contribution in [1.82, 2.24) is 14.7 Å². The van der Waals surface area contributed by atoms with Crippen molar-refractivity contribution in [2.75, 3.05) is 13.2 Å². The van der Waals surface area contributed by atoms with Crippen molar-refractivity contribution in [2.45, 2.75) is 33.4 Å². The zero-order valence-corrected chi connectivity index (χ0v) is 15.3. The predicted octanol–water partition coefficient (Wildman–Crippen LogP) is 3.08. The van der Waals surface area contributed by atoms with Crippen LogP contribution in [0.2, 0.25) is 10.0 Å². The molecule has 7 heteroatoms. The summed E-state index contributed by atoms with van der Waals surface area (Å²) in [6.45, 7) is 5.22. The first-order valence-corrected chi connectivity index (χ1v) is 8.56. The Bertz CT molecular complexity index is 696. The summed E-state index contributed by atoms with van der Waals surface area (Å²) >= 11 is 12.3. The highest BCUT2D eigenvalue weighted by Gasteiger charge is 2.19. The molecule has 5 nitrogen and oxygen atoms in total. The van der Waals surface area contributed by atoms with E-state index >= 15 is 0 Å². The fourth-order valence-electron chi connectivity index (χ4n) is 2.46. The molecule has 0 aliphatic heterocycles. The number of amides is 1. The molecule has 24 heavy (non-hydrogen) atoms. The van der Waals surface area contributed by atoms with E-state index in [0.29, 0.717) is 22.2 Å². The summed E-state index contributed by atoms with van der Waals surface area (Å²) in [5.41, 5.74) is 2.45. The molecule has 130 valence electrons. The molecule has 2 aromatic rings. The Labute approximate surface area is 151 Å². The Kier molecular flexibility index (Phi) is 6.66. The Morgan fingerprint density at radius 1 is 1.33 bits per heavy atom. The van der Waals surface area contributed by atoms with Crippen LogP contribution in [0.15, 0.2) is 24.4 Å². The number of rotatable bonds is 7. The van der Waals surface area contributed by atoms with Crippen LogP contribution in [0.3, 0.4) is 0 Å². The topological polar surface area (TPSA) is 58.4 Å². The molecule has 0 atom stereocenters. The molecule has 0 unspecified atom stereocenters. The van der Waals surface area contributed by atoms with Gasteiger partial charge in [-0.25, -0.2) is 0 Å². The van der Waals surface area contributed by atoms with Crippen LogP contribution in [0.1, 0.15) is 23.7 Å². The largest absolute Gasteiger partial charge is 0.395 e. The summed E-state index contributed by atoms with van der Waals surface area (Å²) in [5.74, 6) is -0.136. The normalized spacial score (nSPS) is 10.9. The van der Waals surface area contributed by atoms with Gasteiger partial charge in [-0.1, -0.05) is 29.3 Å². The van der Waals surface area contributed by atoms with Gasteiger partial charge in [-0.15, -0.1) is 0 Å². The number of carbonyl (C=O) groups is 1. The van der Waals surface area contributed by atoms with E-state index in [9.17, 15) is 9.90 Å². The number of aliphatic hydroxyl groups is 1. The molecule has 1 aromatic heterocycles. The van der Waals surface area contributed by atoms with Crippen LogP contribution in [-0.2, 0) is 24.3 Å². The van der Waals surface area contributed by atoms with Crippen molar-refractivity contribution in [1.29, 1.82) is 0 Å². The number of aryl methyl sites for hydroxylation is 2. The maximum Gasteiger partial charge on any atom is 0.227 e. The molecule has 0 saturated carbocycles. The fourth-order valence-corrected chi connectivity index (χ4v) is 2.99. The van der Waals surface area contributed by atoms with Gasteiger partial charge in [0.15, 0.2) is 0 Å². The maximum atomic E-state index is 12.7. The average Bonchev–Trinajstić information content (AvgIpc) is 2.90. The third-order valence-corrected chi connectivity index (χ3v) is 4.55. The van der Waals surface area contributed by atoms with Crippen molar-refractivity contribution in [2.24, 2.45) is 0 Å². The number of benzene rings is 1. The van der Waals surface area contributed by atoms with Gasteiger partial charge >= 0.3 is 0 Å². The molecular weight excluding hydrogens is 349 g/mol. The second-order valence-electron chi connectivity index (χ2n) is 5.51. The molecule has 0 bridgehead atoms. The van der Waals surface area contributed by atoms with Crippen molar-refractivity contribution in [3.63, 3.8) is 0 Å². The molecule has 1 amide bonds. The van der Waals surface area contributed by atoms with Crippen LogP contribution in [0.4, 0.5) is 0 Å². The molecule has 2 rings (SSSR count). The highest BCUT2D eigenvalue weighted by atomic mass is 35.5. The van der Waals surface area contributed by atoms with Gasteiger partial charge < -0.3 is 10.0 Å². The molecule has 0 aliphatic carbocycles. The lowest BCUT2D eigenvalue weighted by molar-refractivity contribution is -0.131. The van der Waals surface area contributed by atoms with Gasteiger partial charge in [0, 0.05) is 41.4 Å². The van der Waals surface area contributed by atoms with Crippen molar-refractivity contribution >= 4 is 29.1 Å². The Hall–Kier alpha value is -1.56. The first-order chi connectivity index (χ1) is 11.5. The zero-order chi connectivity index (χ0) is 17.7. The number of hydrogen-bond acceptors (Lipinski definition) is 3. The van der Waals surface area contributed by atoms with Gasteiger partial charge in [-0.05, 0) is 31.5 Å². The van der Waals surface area contributed by atoms with E-state index in [-0.39, 0.29) is 25.5 Å². The van der Waals surface area contributed by atoms with E-state index in [4.69, 9.17) is 23.2 Å². The maximum absolute atomic E-state index is 12.7. The molecule has 1 heterocycles. The Morgan fingerprint density at radius 3 is 2.54 bits per heavy atom. The van der Waals surface area contributed by atoms with Crippen LogP contribution in [0, 0.1) is 6.92 Å². The van der Waals surface area contributed by atoms with E-state index in [0.717, 1.165) is 17.8 Å². The van der Waals surface area contributed by atoms with Crippen LogP contribution in [-0.4, -0.2) is 38.8 Å². The van der Waals surface area contributed by atoms with Gasteiger partial charge in [0.05, 0.1) is 18.7 Å². The van der Waals surface area contributed by atoms with Crippen LogP contribution >= 0.6 is 23.2 Å². The predicted molar refractivity (Wildman–Crippen MR) is 95.3 cm³/mol. The SMILES string of the molecule is CCn1cc(CN(CCO)C(=O)Cc2c(Cl)cccc2Cl)c(C)n1. The molecular formula is C17H21Cl2N3O2. The minimum atomic E-state index is -0.136. The van der Waals surface area contributed by atoms with E-state index in [2.05, 4.69) is 5.10 Å². The first kappa shape index (κ1) is 18.8. The second kappa shape index (κ2) is 8.51. The molecule has 1 aromatic carbocycles. The standard InChI is InChI=1S/C17H21Cl2N3O2/c1-3-22-11-13(12(2)20-22)10-21(7-8-23)17(24)9-14-15(18)5-4-6-16(14)19/h4-6,11,23H,3,7-10H2,1-2H3. The minimum Gasteiger partial charge on any atom is -0.395 e. The van der Waals surface area contributed by atoms with Crippen LogP contribution in [0.25, 0.3) is 0 Å². The number of nitrogens with zero attached hydrogens (tertiary/aromatic N) is 3. The third-order valence-electron chi connectivity index (χ3n) is 3.85. The van der Waals surface area contributed by atoms with Crippen molar-refractivity contribution < 1.29 is 9.90 Å². The second-order valence-corrected chi connectivity index (χ2v) is 6.33. The number of aliphatic hydroxyl groups excluding tert-OH is 1. The lowest BCUT2D eigenvalue weighted by Gasteiger charge is -2.22. The molecule has 0 aliphatic rings. The molecule has 0 saturated heterocycles. The van der Waals surface area contributed by atoms with Crippen molar-refractivity contribution in [3.05, 3.63) is 51.3 Å². The average molecular weight is 370 g/mol. The van der Waals surface area contributed by atoms with Crippen LogP contribution < -0.4 is 0 Å². The van der Waals surface area contributed by atoms with E-state index in [1.165, 1.54) is 0 Å². The summed E-state index contributed by atoms with van der Waals surface area (Å²) in [5, 5.41) is 14.6. The summed E-state index contributed by atoms with van der Waals surface area (Å²) in [6, 6.07) is 5.16. The number of halogens is 2.